The van der Waals surface area contributed by atoms with Crippen LogP contribution in [0.5, 0.6) is 0 Å². The van der Waals surface area contributed by atoms with Crippen LogP contribution >= 0.6 is 0 Å². The summed E-state index contributed by atoms with van der Waals surface area (Å²) in [7, 11) is 0. The number of rotatable bonds is 2. The normalized spacial score (nSPS) is 15.9. The molecule has 0 radical (unpaired) electrons. The van der Waals surface area contributed by atoms with Gasteiger partial charge in [-0.3, -0.25) is 14.9 Å². The van der Waals surface area contributed by atoms with Crippen LogP contribution in [0.3, 0.4) is 0 Å². The second-order valence-corrected chi connectivity index (χ2v) is 5.79. The molecular weight excluding hydrogens is 290 g/mol. The summed E-state index contributed by atoms with van der Waals surface area (Å²) in [5.41, 5.74) is 2.41. The lowest BCUT2D eigenvalue weighted by molar-refractivity contribution is 0.0706. The Balaban J connectivity index is 1.48. The van der Waals surface area contributed by atoms with Gasteiger partial charge in [-0.05, 0) is 37.1 Å². The quantitative estimate of drug-likeness (QED) is 0.788. The number of pyridine rings is 2. The SMILES string of the molecule is O=C(c1ccccn1)N1CCC(c2[nH]nc3ncccc23)CC1. The van der Waals surface area contributed by atoms with Crippen LogP contribution in [-0.4, -0.2) is 44.1 Å². The maximum absolute atomic E-state index is 12.4. The highest BCUT2D eigenvalue weighted by atomic mass is 16.2. The Morgan fingerprint density at radius 2 is 1.91 bits per heavy atom. The Kier molecular flexibility index (Phi) is 3.49. The molecule has 1 amide bonds. The second kappa shape index (κ2) is 5.79. The highest BCUT2D eigenvalue weighted by Crippen LogP contribution is 2.31. The summed E-state index contributed by atoms with van der Waals surface area (Å²) >= 11 is 0. The molecule has 116 valence electrons. The van der Waals surface area contributed by atoms with Crippen LogP contribution in [0.4, 0.5) is 0 Å². The number of nitrogens with one attached hydrogen (secondary N) is 1. The fraction of sp³-hybridized carbons (Fsp3) is 0.294. The lowest BCUT2D eigenvalue weighted by Gasteiger charge is -2.31. The molecule has 0 aliphatic carbocycles. The molecule has 4 heterocycles. The lowest BCUT2D eigenvalue weighted by atomic mass is 9.92. The van der Waals surface area contributed by atoms with Gasteiger partial charge in [0.1, 0.15) is 5.69 Å². The van der Waals surface area contributed by atoms with E-state index in [9.17, 15) is 4.79 Å². The van der Waals surface area contributed by atoms with E-state index in [4.69, 9.17) is 0 Å². The molecule has 1 fully saturated rings. The molecule has 3 aromatic heterocycles. The van der Waals surface area contributed by atoms with Gasteiger partial charge < -0.3 is 4.90 Å². The van der Waals surface area contributed by atoms with Crippen LogP contribution in [0.1, 0.15) is 34.9 Å². The second-order valence-electron chi connectivity index (χ2n) is 5.79. The standard InChI is InChI=1S/C17H17N5O/c23-17(14-5-1-2-8-18-14)22-10-6-12(7-11-22)15-13-4-3-9-19-16(13)21-20-15/h1-5,8-9,12H,6-7,10-11H2,(H,19,20,21). The van der Waals surface area contributed by atoms with Crippen molar-refractivity contribution in [3.05, 3.63) is 54.1 Å². The van der Waals surface area contributed by atoms with Crippen LogP contribution in [0.2, 0.25) is 0 Å². The van der Waals surface area contributed by atoms with Gasteiger partial charge in [0.2, 0.25) is 0 Å². The number of likely N-dealkylation sites (tertiary alicyclic amines) is 1. The average molecular weight is 307 g/mol. The predicted octanol–water partition coefficient (Wildman–Crippen LogP) is 2.37. The largest absolute Gasteiger partial charge is 0.337 e. The van der Waals surface area contributed by atoms with Gasteiger partial charge in [0.25, 0.3) is 5.91 Å². The predicted molar refractivity (Wildman–Crippen MR) is 86.0 cm³/mol. The van der Waals surface area contributed by atoms with E-state index in [1.807, 2.05) is 29.2 Å². The summed E-state index contributed by atoms with van der Waals surface area (Å²) < 4.78 is 0. The van der Waals surface area contributed by atoms with E-state index in [-0.39, 0.29) is 5.91 Å². The third-order valence-electron chi connectivity index (χ3n) is 4.43. The zero-order valence-corrected chi connectivity index (χ0v) is 12.6. The van der Waals surface area contributed by atoms with Crippen LogP contribution < -0.4 is 0 Å². The summed E-state index contributed by atoms with van der Waals surface area (Å²) in [6.07, 6.45) is 5.25. The number of fused-ring (bicyclic) bond motifs is 1. The third-order valence-corrected chi connectivity index (χ3v) is 4.43. The van der Waals surface area contributed by atoms with Crippen molar-refractivity contribution >= 4 is 16.9 Å². The molecule has 0 bridgehead atoms. The smallest absolute Gasteiger partial charge is 0.272 e. The van der Waals surface area contributed by atoms with Crippen molar-refractivity contribution in [3.8, 4) is 0 Å². The monoisotopic (exact) mass is 307 g/mol. The molecule has 0 aromatic carbocycles. The van der Waals surface area contributed by atoms with E-state index >= 15 is 0 Å². The number of nitrogens with zero attached hydrogens (tertiary/aromatic N) is 4. The molecule has 1 aliphatic heterocycles. The van der Waals surface area contributed by atoms with Crippen molar-refractivity contribution in [1.82, 2.24) is 25.1 Å². The van der Waals surface area contributed by atoms with Crippen molar-refractivity contribution in [3.63, 3.8) is 0 Å². The number of piperidine rings is 1. The van der Waals surface area contributed by atoms with Gasteiger partial charge in [-0.15, -0.1) is 0 Å². The molecule has 23 heavy (non-hydrogen) atoms. The van der Waals surface area contributed by atoms with Gasteiger partial charge in [-0.2, -0.15) is 5.10 Å². The molecule has 1 N–H and O–H groups in total. The summed E-state index contributed by atoms with van der Waals surface area (Å²) in [5, 5.41) is 8.48. The Labute approximate surface area is 133 Å². The highest BCUT2D eigenvalue weighted by molar-refractivity contribution is 5.92. The summed E-state index contributed by atoms with van der Waals surface area (Å²) in [5.74, 6) is 0.400. The first kappa shape index (κ1) is 13.9. The first-order chi connectivity index (χ1) is 11.3. The minimum absolute atomic E-state index is 0.0141. The lowest BCUT2D eigenvalue weighted by Crippen LogP contribution is -2.38. The van der Waals surface area contributed by atoms with Crippen LogP contribution in [0.15, 0.2) is 42.7 Å². The number of hydrogen-bond donors (Lipinski definition) is 1. The van der Waals surface area contributed by atoms with Gasteiger partial charge >= 0.3 is 0 Å². The number of aromatic amines is 1. The van der Waals surface area contributed by atoms with E-state index in [2.05, 4.69) is 20.2 Å². The first-order valence-electron chi connectivity index (χ1n) is 7.82. The number of hydrogen-bond acceptors (Lipinski definition) is 4. The van der Waals surface area contributed by atoms with Crippen molar-refractivity contribution in [2.24, 2.45) is 0 Å². The van der Waals surface area contributed by atoms with Crippen LogP contribution in [0.25, 0.3) is 11.0 Å². The molecule has 6 nitrogen and oxygen atoms in total. The Hall–Kier alpha value is -2.76. The number of H-pyrrole nitrogens is 1. The molecule has 0 unspecified atom stereocenters. The van der Waals surface area contributed by atoms with Crippen LogP contribution in [-0.2, 0) is 0 Å². The molecule has 4 rings (SSSR count). The molecule has 0 spiro atoms. The van der Waals surface area contributed by atoms with E-state index < -0.39 is 0 Å². The van der Waals surface area contributed by atoms with Crippen molar-refractivity contribution < 1.29 is 4.79 Å². The Morgan fingerprint density at radius 1 is 1.09 bits per heavy atom. The van der Waals surface area contributed by atoms with Crippen molar-refractivity contribution in [2.45, 2.75) is 18.8 Å². The van der Waals surface area contributed by atoms with Crippen LogP contribution in [0, 0.1) is 0 Å². The Morgan fingerprint density at radius 3 is 2.70 bits per heavy atom. The molecule has 0 saturated carbocycles. The minimum atomic E-state index is 0.0141. The molecule has 0 atom stereocenters. The zero-order valence-electron chi connectivity index (χ0n) is 12.6. The maximum atomic E-state index is 12.4. The Bertz CT molecular complexity index is 821. The molecule has 3 aromatic rings. The van der Waals surface area contributed by atoms with Crippen molar-refractivity contribution in [2.75, 3.05) is 13.1 Å². The molecule has 6 heteroatoms. The number of carbonyl (C=O) groups is 1. The summed E-state index contributed by atoms with van der Waals surface area (Å²) in [4.78, 5) is 22.7. The minimum Gasteiger partial charge on any atom is -0.337 e. The fourth-order valence-electron chi connectivity index (χ4n) is 3.20. The highest BCUT2D eigenvalue weighted by Gasteiger charge is 2.27. The maximum Gasteiger partial charge on any atom is 0.272 e. The van der Waals surface area contributed by atoms with Gasteiger partial charge in [-0.25, -0.2) is 4.98 Å². The topological polar surface area (TPSA) is 74.8 Å². The number of amides is 1. The molecule has 1 saturated heterocycles. The summed E-state index contributed by atoms with van der Waals surface area (Å²) in [6.45, 7) is 1.47. The van der Waals surface area contributed by atoms with Gasteiger partial charge in [0, 0.05) is 42.5 Å². The van der Waals surface area contributed by atoms with E-state index in [0.29, 0.717) is 11.6 Å². The first-order valence-corrected chi connectivity index (χ1v) is 7.82. The third kappa shape index (κ3) is 2.56. The molecular formula is C17H17N5O. The van der Waals surface area contributed by atoms with E-state index in [0.717, 1.165) is 42.7 Å². The van der Waals surface area contributed by atoms with E-state index in [1.165, 1.54) is 0 Å². The summed E-state index contributed by atoms with van der Waals surface area (Å²) in [6, 6.07) is 9.41. The van der Waals surface area contributed by atoms with Gasteiger partial charge in [0.15, 0.2) is 5.65 Å². The van der Waals surface area contributed by atoms with Crippen molar-refractivity contribution in [1.29, 1.82) is 0 Å². The fourth-order valence-corrected chi connectivity index (χ4v) is 3.20. The van der Waals surface area contributed by atoms with E-state index in [1.54, 1.807) is 18.5 Å². The number of aromatic nitrogens is 4. The van der Waals surface area contributed by atoms with Gasteiger partial charge in [-0.1, -0.05) is 6.07 Å². The average Bonchev–Trinajstić information content (AvgIpc) is 3.06. The zero-order chi connectivity index (χ0) is 15.6. The molecule has 1 aliphatic rings. The van der Waals surface area contributed by atoms with Gasteiger partial charge in [0.05, 0.1) is 0 Å². The number of carbonyl (C=O) groups excluding carboxylic acids is 1.